The predicted octanol–water partition coefficient (Wildman–Crippen LogP) is -1.06. The average Bonchev–Trinajstić information content (AvgIpc) is 2.78. The molecule has 0 fully saturated rings. The van der Waals surface area contributed by atoms with Crippen molar-refractivity contribution in [2.24, 2.45) is 0 Å². The van der Waals surface area contributed by atoms with Crippen LogP contribution in [0.4, 0.5) is 5.95 Å². The van der Waals surface area contributed by atoms with Gasteiger partial charge in [0.2, 0.25) is 11.7 Å². The molecule has 2 heterocycles. The van der Waals surface area contributed by atoms with Crippen LogP contribution in [0.5, 0.6) is 5.75 Å². The maximum Gasteiger partial charge on any atom is 0.361 e. The second-order valence-corrected chi connectivity index (χ2v) is 4.00. The largest absolute Gasteiger partial charge is 0.501 e. The lowest BCUT2D eigenvalue weighted by atomic mass is 10.3. The molecule has 1 aromatic heterocycles. The SMILES string of the molecule is CCOC(=O)c1nc2n(c(=O)c1O)CCN2CCO. The Balaban J connectivity index is 2.48. The zero-order chi connectivity index (χ0) is 14.0. The molecule has 0 aliphatic carbocycles. The van der Waals surface area contributed by atoms with Crippen LogP contribution in [0.25, 0.3) is 0 Å². The molecule has 1 aliphatic heterocycles. The minimum absolute atomic E-state index is 0.0918. The maximum absolute atomic E-state index is 11.9. The van der Waals surface area contributed by atoms with Crippen molar-refractivity contribution < 1.29 is 19.7 Å². The van der Waals surface area contributed by atoms with Crippen LogP contribution in [-0.2, 0) is 11.3 Å². The molecule has 1 aliphatic rings. The highest BCUT2D eigenvalue weighted by Crippen LogP contribution is 2.21. The van der Waals surface area contributed by atoms with E-state index in [0.717, 1.165) is 0 Å². The minimum Gasteiger partial charge on any atom is -0.501 e. The summed E-state index contributed by atoms with van der Waals surface area (Å²) < 4.78 is 6.01. The fourth-order valence-corrected chi connectivity index (χ4v) is 1.97. The number of rotatable bonds is 4. The standard InChI is InChI=1S/C11H15N3O5/c1-2-19-10(18)7-8(16)9(17)14-4-3-13(5-6-15)11(14)12-7/h15-16H,2-6H2,1H3. The monoisotopic (exact) mass is 269 g/mol. The highest BCUT2D eigenvalue weighted by molar-refractivity contribution is 5.90. The molecule has 0 amide bonds. The summed E-state index contributed by atoms with van der Waals surface area (Å²) in [4.78, 5) is 29.2. The number of carbonyl (C=O) groups is 1. The van der Waals surface area contributed by atoms with Crippen LogP contribution in [0.1, 0.15) is 17.4 Å². The molecule has 1 aromatic rings. The van der Waals surface area contributed by atoms with Gasteiger partial charge < -0.3 is 19.8 Å². The van der Waals surface area contributed by atoms with E-state index in [9.17, 15) is 14.7 Å². The molecule has 8 heteroatoms. The van der Waals surface area contributed by atoms with Gasteiger partial charge in [-0.1, -0.05) is 0 Å². The van der Waals surface area contributed by atoms with E-state index in [4.69, 9.17) is 9.84 Å². The third kappa shape index (κ3) is 2.26. The number of nitrogens with zero attached hydrogens (tertiary/aromatic N) is 3. The van der Waals surface area contributed by atoms with Crippen LogP contribution in [0.2, 0.25) is 0 Å². The molecule has 0 aromatic carbocycles. The Morgan fingerprint density at radius 3 is 2.84 bits per heavy atom. The van der Waals surface area contributed by atoms with Crippen molar-refractivity contribution >= 4 is 11.9 Å². The second kappa shape index (κ2) is 5.27. The molecule has 2 rings (SSSR count). The van der Waals surface area contributed by atoms with Gasteiger partial charge in [-0.2, -0.15) is 0 Å². The Kier molecular flexibility index (Phi) is 3.70. The van der Waals surface area contributed by atoms with Crippen molar-refractivity contribution in [2.45, 2.75) is 13.5 Å². The minimum atomic E-state index is -0.837. The van der Waals surface area contributed by atoms with E-state index in [0.29, 0.717) is 19.6 Å². The highest BCUT2D eigenvalue weighted by atomic mass is 16.5. The number of aliphatic hydroxyl groups is 1. The quantitative estimate of drug-likeness (QED) is 0.671. The summed E-state index contributed by atoms with van der Waals surface area (Å²) in [5.41, 5.74) is -1.06. The molecule has 0 bridgehead atoms. The molecular formula is C11H15N3O5. The zero-order valence-corrected chi connectivity index (χ0v) is 10.5. The molecular weight excluding hydrogens is 254 g/mol. The smallest absolute Gasteiger partial charge is 0.361 e. The molecule has 0 spiro atoms. The number of anilines is 1. The maximum atomic E-state index is 11.9. The number of aliphatic hydroxyl groups excluding tert-OH is 1. The van der Waals surface area contributed by atoms with Gasteiger partial charge in [-0.15, -0.1) is 0 Å². The van der Waals surface area contributed by atoms with Crippen LogP contribution in [0.3, 0.4) is 0 Å². The Bertz CT molecular complexity index is 554. The third-order valence-electron chi connectivity index (χ3n) is 2.84. The molecule has 0 radical (unpaired) electrons. The lowest BCUT2D eigenvalue weighted by molar-refractivity contribution is 0.0515. The molecule has 19 heavy (non-hydrogen) atoms. The van der Waals surface area contributed by atoms with Gasteiger partial charge in [-0.3, -0.25) is 9.36 Å². The van der Waals surface area contributed by atoms with Crippen molar-refractivity contribution in [1.82, 2.24) is 9.55 Å². The van der Waals surface area contributed by atoms with Crippen LogP contribution < -0.4 is 10.5 Å². The van der Waals surface area contributed by atoms with Crippen LogP contribution in [-0.4, -0.2) is 52.0 Å². The number of aromatic hydroxyl groups is 1. The molecule has 8 nitrogen and oxygen atoms in total. The van der Waals surface area contributed by atoms with E-state index in [-0.39, 0.29) is 24.9 Å². The van der Waals surface area contributed by atoms with Crippen LogP contribution in [0.15, 0.2) is 4.79 Å². The van der Waals surface area contributed by atoms with E-state index < -0.39 is 17.3 Å². The van der Waals surface area contributed by atoms with Crippen molar-refractivity contribution in [3.05, 3.63) is 16.0 Å². The van der Waals surface area contributed by atoms with Gasteiger partial charge in [-0.05, 0) is 6.92 Å². The van der Waals surface area contributed by atoms with Gasteiger partial charge in [0.15, 0.2) is 5.69 Å². The highest BCUT2D eigenvalue weighted by Gasteiger charge is 2.28. The molecule has 2 N–H and O–H groups in total. The number of fused-ring (bicyclic) bond motifs is 1. The molecule has 0 saturated carbocycles. The van der Waals surface area contributed by atoms with E-state index in [2.05, 4.69) is 4.98 Å². The van der Waals surface area contributed by atoms with Crippen molar-refractivity contribution in [2.75, 3.05) is 31.2 Å². The summed E-state index contributed by atoms with van der Waals surface area (Å²) in [6.45, 7) is 2.81. The van der Waals surface area contributed by atoms with Gasteiger partial charge >= 0.3 is 5.97 Å². The number of esters is 1. The first-order valence-electron chi connectivity index (χ1n) is 5.96. The lowest BCUT2D eigenvalue weighted by Crippen LogP contribution is -2.27. The number of β-amino-alcohol motifs (C(OH)–C–C–N with tert-alkyl or cyclic N) is 1. The predicted molar refractivity (Wildman–Crippen MR) is 65.4 cm³/mol. The summed E-state index contributed by atoms with van der Waals surface area (Å²) in [5.74, 6) is -1.27. The van der Waals surface area contributed by atoms with Gasteiger partial charge in [-0.25, -0.2) is 9.78 Å². The average molecular weight is 269 g/mol. The fraction of sp³-hybridized carbons (Fsp3) is 0.545. The molecule has 0 atom stereocenters. The van der Waals surface area contributed by atoms with E-state index in [1.165, 1.54) is 4.57 Å². The van der Waals surface area contributed by atoms with Crippen LogP contribution in [0, 0.1) is 0 Å². The number of carbonyl (C=O) groups excluding carboxylic acids is 1. The van der Waals surface area contributed by atoms with E-state index in [1.807, 2.05) is 0 Å². The number of aromatic nitrogens is 2. The van der Waals surface area contributed by atoms with E-state index in [1.54, 1.807) is 11.8 Å². The first kappa shape index (κ1) is 13.3. The summed E-state index contributed by atoms with van der Waals surface area (Å²) in [6.07, 6.45) is 0. The third-order valence-corrected chi connectivity index (χ3v) is 2.84. The van der Waals surface area contributed by atoms with Gasteiger partial charge in [0.25, 0.3) is 5.56 Å². The Morgan fingerprint density at radius 2 is 2.21 bits per heavy atom. The van der Waals surface area contributed by atoms with Crippen molar-refractivity contribution in [3.63, 3.8) is 0 Å². The van der Waals surface area contributed by atoms with Crippen molar-refractivity contribution in [3.8, 4) is 5.75 Å². The summed E-state index contributed by atoms with van der Waals surface area (Å²) >= 11 is 0. The van der Waals surface area contributed by atoms with Gasteiger partial charge in [0, 0.05) is 19.6 Å². The number of hydrogen-bond acceptors (Lipinski definition) is 7. The summed E-state index contributed by atoms with van der Waals surface area (Å²) in [5, 5.41) is 18.7. The number of hydrogen-bond donors (Lipinski definition) is 2. The van der Waals surface area contributed by atoms with Crippen LogP contribution >= 0.6 is 0 Å². The fourth-order valence-electron chi connectivity index (χ4n) is 1.97. The lowest BCUT2D eigenvalue weighted by Gasteiger charge is -2.16. The first-order valence-corrected chi connectivity index (χ1v) is 5.96. The topological polar surface area (TPSA) is 105 Å². The molecule has 0 unspecified atom stereocenters. The Labute approximate surface area is 108 Å². The molecule has 0 saturated heterocycles. The van der Waals surface area contributed by atoms with E-state index >= 15 is 0 Å². The van der Waals surface area contributed by atoms with Crippen molar-refractivity contribution in [1.29, 1.82) is 0 Å². The zero-order valence-electron chi connectivity index (χ0n) is 10.5. The van der Waals surface area contributed by atoms with Gasteiger partial charge in [0.1, 0.15) is 0 Å². The summed E-state index contributed by atoms with van der Waals surface area (Å²) in [6, 6.07) is 0. The van der Waals surface area contributed by atoms with Gasteiger partial charge in [0.05, 0.1) is 13.2 Å². The number of ether oxygens (including phenoxy) is 1. The Hall–Kier alpha value is -2.09. The molecule has 104 valence electrons. The first-order chi connectivity index (χ1) is 9.10. The normalized spacial score (nSPS) is 13.5. The Morgan fingerprint density at radius 1 is 1.47 bits per heavy atom. The summed E-state index contributed by atoms with van der Waals surface area (Å²) in [7, 11) is 0. The second-order valence-electron chi connectivity index (χ2n) is 4.00.